The third kappa shape index (κ3) is 3.49. The van der Waals surface area contributed by atoms with Crippen molar-refractivity contribution in [3.05, 3.63) is 42.8 Å². The lowest BCUT2D eigenvalue weighted by Crippen LogP contribution is -2.35. The van der Waals surface area contributed by atoms with Gasteiger partial charge in [0.1, 0.15) is 0 Å². The SMILES string of the molecule is O=c1[nH]c(-c2ccc(Cl)cc2Cl)c(CN2CCOCC2)s1. The van der Waals surface area contributed by atoms with Gasteiger partial charge in [-0.2, -0.15) is 0 Å². The molecule has 1 aromatic carbocycles. The maximum atomic E-state index is 11.8. The minimum Gasteiger partial charge on any atom is -0.379 e. The first-order valence-corrected chi connectivity index (χ1v) is 8.18. The molecule has 1 saturated heterocycles. The van der Waals surface area contributed by atoms with Crippen molar-refractivity contribution < 1.29 is 4.74 Å². The number of nitrogens with one attached hydrogen (secondary N) is 1. The van der Waals surface area contributed by atoms with Crippen LogP contribution in [0.15, 0.2) is 23.0 Å². The molecule has 0 spiro atoms. The Balaban J connectivity index is 1.93. The van der Waals surface area contributed by atoms with E-state index in [1.54, 1.807) is 12.1 Å². The summed E-state index contributed by atoms with van der Waals surface area (Å²) in [4.78, 5) is 17.8. The molecule has 7 heteroatoms. The lowest BCUT2D eigenvalue weighted by molar-refractivity contribution is 0.0347. The Morgan fingerprint density at radius 1 is 1.29 bits per heavy atom. The van der Waals surface area contributed by atoms with E-state index in [1.165, 1.54) is 11.3 Å². The predicted octanol–water partition coefficient (Wildman–Crippen LogP) is 3.24. The molecule has 2 heterocycles. The number of rotatable bonds is 3. The maximum Gasteiger partial charge on any atom is 0.305 e. The van der Waals surface area contributed by atoms with Crippen LogP contribution >= 0.6 is 34.5 Å². The number of aromatic nitrogens is 1. The minimum absolute atomic E-state index is 0.0701. The third-order valence-corrected chi connectivity index (χ3v) is 4.81. The highest BCUT2D eigenvalue weighted by Crippen LogP contribution is 2.32. The van der Waals surface area contributed by atoms with Crippen molar-refractivity contribution in [3.8, 4) is 11.3 Å². The molecule has 3 rings (SSSR count). The van der Waals surface area contributed by atoms with E-state index in [9.17, 15) is 4.79 Å². The van der Waals surface area contributed by atoms with Gasteiger partial charge in [0, 0.05) is 35.1 Å². The summed E-state index contributed by atoms with van der Waals surface area (Å²) in [6.45, 7) is 3.94. The summed E-state index contributed by atoms with van der Waals surface area (Å²) in [6.07, 6.45) is 0. The molecule has 4 nitrogen and oxygen atoms in total. The van der Waals surface area contributed by atoms with Gasteiger partial charge in [-0.3, -0.25) is 9.69 Å². The number of ether oxygens (including phenoxy) is 1. The summed E-state index contributed by atoms with van der Waals surface area (Å²) in [5.74, 6) is 0. The van der Waals surface area contributed by atoms with E-state index in [0.29, 0.717) is 10.0 Å². The van der Waals surface area contributed by atoms with E-state index in [-0.39, 0.29) is 4.87 Å². The van der Waals surface area contributed by atoms with Crippen LogP contribution in [0.25, 0.3) is 11.3 Å². The molecule has 0 bridgehead atoms. The van der Waals surface area contributed by atoms with Crippen molar-refractivity contribution >= 4 is 34.5 Å². The molecule has 1 aliphatic rings. The number of H-pyrrole nitrogens is 1. The summed E-state index contributed by atoms with van der Waals surface area (Å²) >= 11 is 13.4. The molecule has 0 aliphatic carbocycles. The van der Waals surface area contributed by atoms with E-state index in [1.807, 2.05) is 6.07 Å². The average Bonchev–Trinajstić information content (AvgIpc) is 2.80. The van der Waals surface area contributed by atoms with Crippen LogP contribution in [0, 0.1) is 0 Å². The number of nitrogens with zero attached hydrogens (tertiary/aromatic N) is 1. The van der Waals surface area contributed by atoms with Crippen molar-refractivity contribution in [2.75, 3.05) is 26.3 Å². The fourth-order valence-corrected chi connectivity index (χ4v) is 3.73. The van der Waals surface area contributed by atoms with Crippen LogP contribution in [0.1, 0.15) is 4.88 Å². The van der Waals surface area contributed by atoms with Gasteiger partial charge in [0.2, 0.25) is 0 Å². The summed E-state index contributed by atoms with van der Waals surface area (Å²) in [5.41, 5.74) is 1.60. The van der Waals surface area contributed by atoms with Crippen LogP contribution in [0.2, 0.25) is 10.0 Å². The van der Waals surface area contributed by atoms with Crippen LogP contribution in [-0.2, 0) is 11.3 Å². The molecule has 0 unspecified atom stereocenters. The average molecular weight is 345 g/mol. The number of halogens is 2. The standard InChI is InChI=1S/C14H14Cl2N2O2S/c15-9-1-2-10(11(16)7-9)13-12(21-14(19)17-13)8-18-3-5-20-6-4-18/h1-2,7H,3-6,8H2,(H,17,19). The summed E-state index contributed by atoms with van der Waals surface area (Å²) < 4.78 is 5.35. The van der Waals surface area contributed by atoms with Gasteiger partial charge in [0.05, 0.1) is 23.9 Å². The van der Waals surface area contributed by atoms with Crippen LogP contribution < -0.4 is 4.87 Å². The molecular weight excluding hydrogens is 331 g/mol. The van der Waals surface area contributed by atoms with E-state index in [0.717, 1.165) is 49.0 Å². The topological polar surface area (TPSA) is 45.3 Å². The molecule has 1 aromatic heterocycles. The Hall–Kier alpha value is -0.850. The van der Waals surface area contributed by atoms with Crippen LogP contribution in [0.5, 0.6) is 0 Å². The first-order chi connectivity index (χ1) is 10.1. The molecule has 0 amide bonds. The number of benzene rings is 1. The maximum absolute atomic E-state index is 11.8. The van der Waals surface area contributed by atoms with E-state index in [2.05, 4.69) is 9.88 Å². The normalized spacial score (nSPS) is 16.3. The number of thiazole rings is 1. The Morgan fingerprint density at radius 3 is 2.76 bits per heavy atom. The van der Waals surface area contributed by atoms with E-state index in [4.69, 9.17) is 27.9 Å². The highest BCUT2D eigenvalue weighted by atomic mass is 35.5. The highest BCUT2D eigenvalue weighted by Gasteiger charge is 2.18. The second-order valence-electron chi connectivity index (χ2n) is 4.83. The predicted molar refractivity (Wildman–Crippen MR) is 86.5 cm³/mol. The van der Waals surface area contributed by atoms with Gasteiger partial charge < -0.3 is 9.72 Å². The fraction of sp³-hybridized carbons (Fsp3) is 0.357. The van der Waals surface area contributed by atoms with E-state index >= 15 is 0 Å². The van der Waals surface area contributed by atoms with Crippen molar-refractivity contribution in [2.24, 2.45) is 0 Å². The van der Waals surface area contributed by atoms with Crippen LogP contribution in [-0.4, -0.2) is 36.2 Å². The molecule has 112 valence electrons. The van der Waals surface area contributed by atoms with Gasteiger partial charge in [-0.05, 0) is 18.2 Å². The molecule has 0 saturated carbocycles. The molecule has 1 N–H and O–H groups in total. The molecule has 2 aromatic rings. The Labute approximate surface area is 136 Å². The summed E-state index contributed by atoms with van der Waals surface area (Å²) in [7, 11) is 0. The molecule has 1 fully saturated rings. The Kier molecular flexibility index (Phi) is 4.66. The number of morpholine rings is 1. The lowest BCUT2D eigenvalue weighted by atomic mass is 10.1. The van der Waals surface area contributed by atoms with Gasteiger partial charge in [0.25, 0.3) is 0 Å². The molecular formula is C14H14Cl2N2O2S. The minimum atomic E-state index is -0.0701. The van der Waals surface area contributed by atoms with Gasteiger partial charge in [-0.15, -0.1) is 0 Å². The van der Waals surface area contributed by atoms with Crippen LogP contribution in [0.4, 0.5) is 0 Å². The van der Waals surface area contributed by atoms with Crippen molar-refractivity contribution in [2.45, 2.75) is 6.54 Å². The lowest BCUT2D eigenvalue weighted by Gasteiger charge is -2.26. The Morgan fingerprint density at radius 2 is 2.05 bits per heavy atom. The molecule has 1 aliphatic heterocycles. The van der Waals surface area contributed by atoms with E-state index < -0.39 is 0 Å². The summed E-state index contributed by atoms with van der Waals surface area (Å²) in [6, 6.07) is 5.30. The van der Waals surface area contributed by atoms with Crippen molar-refractivity contribution in [1.29, 1.82) is 0 Å². The molecule has 0 radical (unpaired) electrons. The third-order valence-electron chi connectivity index (χ3n) is 3.39. The first-order valence-electron chi connectivity index (χ1n) is 6.61. The molecule has 21 heavy (non-hydrogen) atoms. The second kappa shape index (κ2) is 6.50. The quantitative estimate of drug-likeness (QED) is 0.929. The number of aromatic amines is 1. The Bertz CT molecular complexity index is 693. The highest BCUT2D eigenvalue weighted by molar-refractivity contribution is 7.09. The summed E-state index contributed by atoms with van der Waals surface area (Å²) in [5, 5.41) is 1.12. The fourth-order valence-electron chi connectivity index (χ4n) is 2.34. The number of hydrogen-bond acceptors (Lipinski definition) is 4. The smallest absolute Gasteiger partial charge is 0.305 e. The van der Waals surface area contributed by atoms with Gasteiger partial charge in [0.15, 0.2) is 0 Å². The zero-order valence-corrected chi connectivity index (χ0v) is 13.5. The van der Waals surface area contributed by atoms with Crippen LogP contribution in [0.3, 0.4) is 0 Å². The number of hydrogen-bond donors (Lipinski definition) is 1. The molecule has 0 atom stereocenters. The monoisotopic (exact) mass is 344 g/mol. The first kappa shape index (κ1) is 15.1. The van der Waals surface area contributed by atoms with Gasteiger partial charge >= 0.3 is 4.87 Å². The van der Waals surface area contributed by atoms with Crippen molar-refractivity contribution in [3.63, 3.8) is 0 Å². The zero-order chi connectivity index (χ0) is 14.8. The van der Waals surface area contributed by atoms with Gasteiger partial charge in [-0.1, -0.05) is 34.5 Å². The van der Waals surface area contributed by atoms with Crippen molar-refractivity contribution in [1.82, 2.24) is 9.88 Å². The largest absolute Gasteiger partial charge is 0.379 e. The zero-order valence-electron chi connectivity index (χ0n) is 11.2. The second-order valence-corrected chi connectivity index (χ2v) is 6.74. The van der Waals surface area contributed by atoms with Gasteiger partial charge in [-0.25, -0.2) is 0 Å².